The molecule has 2 rings (SSSR count). The molecule has 1 aromatic carbocycles. The molecule has 0 amide bonds. The molecule has 1 aromatic heterocycles. The highest BCUT2D eigenvalue weighted by atomic mass is 35.5. The van der Waals surface area contributed by atoms with Gasteiger partial charge in [-0.2, -0.15) is 0 Å². The number of aromatic amines is 1. The van der Waals surface area contributed by atoms with Crippen LogP contribution in [-0.2, 0) is 6.54 Å². The van der Waals surface area contributed by atoms with Crippen LogP contribution in [0.4, 0.5) is 0 Å². The average molecular weight is 282 g/mol. The van der Waals surface area contributed by atoms with Crippen LogP contribution in [0.1, 0.15) is 19.4 Å². The Balaban J connectivity index is 2.05. The maximum atomic E-state index is 6.27. The average Bonchev–Trinajstić information content (AvgIpc) is 2.82. The van der Waals surface area contributed by atoms with Crippen molar-refractivity contribution < 1.29 is 0 Å². The van der Waals surface area contributed by atoms with Gasteiger partial charge in [0, 0.05) is 29.9 Å². The maximum Gasteiger partial charge on any atom is 0.170 e. The Kier molecular flexibility index (Phi) is 4.69. The smallest absolute Gasteiger partial charge is 0.170 e. The Morgan fingerprint density at radius 2 is 2.28 bits per heavy atom. The lowest BCUT2D eigenvalue weighted by Crippen LogP contribution is -2.21. The molecule has 0 saturated carbocycles. The number of imidazole rings is 1. The summed E-state index contributed by atoms with van der Waals surface area (Å²) in [5.74, 6) is 0. The van der Waals surface area contributed by atoms with E-state index in [9.17, 15) is 0 Å². The summed E-state index contributed by atoms with van der Waals surface area (Å²) < 4.78 is 0. The summed E-state index contributed by atoms with van der Waals surface area (Å²) >= 11 is 7.81. The number of aromatic nitrogens is 2. The summed E-state index contributed by atoms with van der Waals surface area (Å²) in [5, 5.41) is 4.99. The molecule has 0 bridgehead atoms. The normalized spacial score (nSPS) is 11.1. The van der Waals surface area contributed by atoms with E-state index in [0.29, 0.717) is 6.04 Å². The summed E-state index contributed by atoms with van der Waals surface area (Å²) in [6.07, 6.45) is 3.54. The minimum atomic E-state index is 0.473. The van der Waals surface area contributed by atoms with Crippen molar-refractivity contribution in [2.75, 3.05) is 0 Å². The first-order chi connectivity index (χ1) is 8.65. The van der Waals surface area contributed by atoms with Crippen LogP contribution in [-0.4, -0.2) is 16.0 Å². The van der Waals surface area contributed by atoms with Gasteiger partial charge in [-0.1, -0.05) is 43.3 Å². The lowest BCUT2D eigenvalue weighted by molar-refractivity contribution is 0.588. The molecular weight excluding hydrogens is 266 g/mol. The molecule has 0 atom stereocenters. The molecule has 3 nitrogen and oxygen atoms in total. The number of H-pyrrole nitrogens is 1. The highest BCUT2D eigenvalue weighted by molar-refractivity contribution is 7.99. The van der Waals surface area contributed by atoms with E-state index in [-0.39, 0.29) is 0 Å². The highest BCUT2D eigenvalue weighted by Gasteiger charge is 2.05. The van der Waals surface area contributed by atoms with Crippen LogP contribution < -0.4 is 5.32 Å². The van der Waals surface area contributed by atoms with Crippen molar-refractivity contribution >= 4 is 23.4 Å². The molecule has 1 heterocycles. The first-order valence-electron chi connectivity index (χ1n) is 5.84. The second kappa shape index (κ2) is 6.27. The van der Waals surface area contributed by atoms with Gasteiger partial charge >= 0.3 is 0 Å². The first-order valence-corrected chi connectivity index (χ1v) is 7.03. The maximum absolute atomic E-state index is 6.27. The molecule has 0 radical (unpaired) electrons. The molecule has 0 aliphatic rings. The predicted octanol–water partition coefficient (Wildman–Crippen LogP) is 3.71. The third-order valence-electron chi connectivity index (χ3n) is 2.39. The standard InChI is InChI=1S/C13H16ClN3S/c1-9(2)17-8-10-3-4-12(11(14)7-10)18-13-15-5-6-16-13/h3-7,9,17H,8H2,1-2H3,(H,15,16). The fourth-order valence-corrected chi connectivity index (χ4v) is 2.53. The van der Waals surface area contributed by atoms with Crippen molar-refractivity contribution in [3.05, 3.63) is 41.2 Å². The zero-order valence-electron chi connectivity index (χ0n) is 10.4. The molecule has 18 heavy (non-hydrogen) atoms. The molecule has 96 valence electrons. The van der Waals surface area contributed by atoms with E-state index in [4.69, 9.17) is 11.6 Å². The van der Waals surface area contributed by atoms with Crippen LogP contribution in [0.2, 0.25) is 5.02 Å². The number of halogens is 1. The molecular formula is C13H16ClN3S. The van der Waals surface area contributed by atoms with Crippen molar-refractivity contribution in [3.8, 4) is 0 Å². The second-order valence-electron chi connectivity index (χ2n) is 4.30. The molecule has 2 aromatic rings. The lowest BCUT2D eigenvalue weighted by Gasteiger charge is -2.09. The summed E-state index contributed by atoms with van der Waals surface area (Å²) in [6, 6.07) is 6.60. The van der Waals surface area contributed by atoms with E-state index < -0.39 is 0 Å². The van der Waals surface area contributed by atoms with Crippen molar-refractivity contribution in [3.63, 3.8) is 0 Å². The van der Waals surface area contributed by atoms with Crippen LogP contribution in [0.3, 0.4) is 0 Å². The Bertz CT molecular complexity index is 497. The molecule has 5 heteroatoms. The lowest BCUT2D eigenvalue weighted by atomic mass is 10.2. The van der Waals surface area contributed by atoms with Gasteiger partial charge in [-0.3, -0.25) is 0 Å². The van der Waals surface area contributed by atoms with E-state index in [0.717, 1.165) is 21.6 Å². The van der Waals surface area contributed by atoms with E-state index in [1.54, 1.807) is 12.4 Å². The predicted molar refractivity (Wildman–Crippen MR) is 76.1 cm³/mol. The first kappa shape index (κ1) is 13.5. The van der Waals surface area contributed by atoms with Gasteiger partial charge in [0.15, 0.2) is 5.16 Å². The quantitative estimate of drug-likeness (QED) is 0.878. The van der Waals surface area contributed by atoms with Gasteiger partial charge in [0.05, 0.1) is 5.02 Å². The molecule has 0 aliphatic heterocycles. The number of rotatable bonds is 5. The molecule has 0 aliphatic carbocycles. The zero-order chi connectivity index (χ0) is 13.0. The fraction of sp³-hybridized carbons (Fsp3) is 0.308. The third-order valence-corrected chi connectivity index (χ3v) is 3.81. The fourth-order valence-electron chi connectivity index (χ4n) is 1.47. The van der Waals surface area contributed by atoms with E-state index in [2.05, 4.69) is 35.2 Å². The van der Waals surface area contributed by atoms with E-state index >= 15 is 0 Å². The topological polar surface area (TPSA) is 40.7 Å². The van der Waals surface area contributed by atoms with Gasteiger partial charge in [-0.15, -0.1) is 0 Å². The summed E-state index contributed by atoms with van der Waals surface area (Å²) in [6.45, 7) is 5.09. The Hall–Kier alpha value is -0.970. The van der Waals surface area contributed by atoms with Gasteiger partial charge in [0.25, 0.3) is 0 Å². The monoisotopic (exact) mass is 281 g/mol. The van der Waals surface area contributed by atoms with Crippen molar-refractivity contribution in [2.45, 2.75) is 36.5 Å². The van der Waals surface area contributed by atoms with Gasteiger partial charge < -0.3 is 10.3 Å². The van der Waals surface area contributed by atoms with Gasteiger partial charge in [-0.25, -0.2) is 4.98 Å². The van der Waals surface area contributed by atoms with E-state index in [1.165, 1.54) is 17.3 Å². The van der Waals surface area contributed by atoms with Crippen molar-refractivity contribution in [1.29, 1.82) is 0 Å². The van der Waals surface area contributed by atoms with Gasteiger partial charge in [0.2, 0.25) is 0 Å². The summed E-state index contributed by atoms with van der Waals surface area (Å²) in [7, 11) is 0. The van der Waals surface area contributed by atoms with Crippen LogP contribution >= 0.6 is 23.4 Å². The largest absolute Gasteiger partial charge is 0.339 e. The number of hydrogen-bond acceptors (Lipinski definition) is 3. The highest BCUT2D eigenvalue weighted by Crippen LogP contribution is 2.31. The molecule has 0 unspecified atom stereocenters. The minimum absolute atomic E-state index is 0.473. The Labute approximate surface area is 116 Å². The number of nitrogens with zero attached hydrogens (tertiary/aromatic N) is 1. The molecule has 2 N–H and O–H groups in total. The second-order valence-corrected chi connectivity index (χ2v) is 5.73. The molecule has 0 fully saturated rings. The number of nitrogens with one attached hydrogen (secondary N) is 2. The van der Waals surface area contributed by atoms with Crippen LogP contribution in [0.5, 0.6) is 0 Å². The minimum Gasteiger partial charge on any atom is -0.339 e. The van der Waals surface area contributed by atoms with Gasteiger partial charge in [0.1, 0.15) is 0 Å². The van der Waals surface area contributed by atoms with Crippen LogP contribution in [0, 0.1) is 0 Å². The third kappa shape index (κ3) is 3.77. The Morgan fingerprint density at radius 1 is 1.44 bits per heavy atom. The van der Waals surface area contributed by atoms with Gasteiger partial charge in [-0.05, 0) is 17.7 Å². The van der Waals surface area contributed by atoms with Crippen LogP contribution in [0.15, 0.2) is 40.6 Å². The van der Waals surface area contributed by atoms with E-state index in [1.807, 2.05) is 12.1 Å². The molecule has 0 saturated heterocycles. The van der Waals surface area contributed by atoms with Crippen LogP contribution in [0.25, 0.3) is 0 Å². The number of benzene rings is 1. The zero-order valence-corrected chi connectivity index (χ0v) is 12.0. The van der Waals surface area contributed by atoms with Crippen molar-refractivity contribution in [2.24, 2.45) is 0 Å². The Morgan fingerprint density at radius 3 is 2.89 bits per heavy atom. The summed E-state index contributed by atoms with van der Waals surface area (Å²) in [5.41, 5.74) is 1.19. The number of hydrogen-bond donors (Lipinski definition) is 2. The SMILES string of the molecule is CC(C)NCc1ccc(Sc2ncc[nH]2)c(Cl)c1. The molecule has 0 spiro atoms. The van der Waals surface area contributed by atoms with Crippen molar-refractivity contribution in [1.82, 2.24) is 15.3 Å². The summed E-state index contributed by atoms with van der Waals surface area (Å²) in [4.78, 5) is 8.23.